The number of hydrogen-bond acceptors (Lipinski definition) is 5. The lowest BCUT2D eigenvalue weighted by Crippen LogP contribution is -2.39. The van der Waals surface area contributed by atoms with E-state index in [1.165, 1.54) is 15.2 Å². The minimum absolute atomic E-state index is 0.00637. The van der Waals surface area contributed by atoms with Crippen molar-refractivity contribution in [2.24, 2.45) is 5.92 Å². The van der Waals surface area contributed by atoms with E-state index in [1.807, 2.05) is 6.92 Å². The predicted octanol–water partition coefficient (Wildman–Crippen LogP) is 1.63. The highest BCUT2D eigenvalue weighted by molar-refractivity contribution is 5.89. The summed E-state index contributed by atoms with van der Waals surface area (Å²) in [6, 6.07) is 0. The van der Waals surface area contributed by atoms with E-state index in [-0.39, 0.29) is 30.6 Å². The molecule has 2 aromatic heterocycles. The van der Waals surface area contributed by atoms with Crippen molar-refractivity contribution >= 4 is 17.7 Å². The van der Waals surface area contributed by atoms with Gasteiger partial charge in [0.1, 0.15) is 6.54 Å². The molecule has 0 spiro atoms. The Morgan fingerprint density at radius 2 is 2.00 bits per heavy atom. The second kappa shape index (κ2) is 8.45. The monoisotopic (exact) mass is 390 g/mol. The molecule has 1 N–H and O–H groups in total. The van der Waals surface area contributed by atoms with Gasteiger partial charge in [0.15, 0.2) is 5.69 Å². The molecule has 0 unspecified atom stereocenters. The number of aromatic nitrogens is 3. The molecule has 1 amide bonds. The summed E-state index contributed by atoms with van der Waals surface area (Å²) in [6.07, 6.45) is 6.54. The second-order valence-corrected chi connectivity index (χ2v) is 7.26. The van der Waals surface area contributed by atoms with Crippen LogP contribution in [0.15, 0.2) is 17.2 Å². The molecule has 0 aromatic carbocycles. The van der Waals surface area contributed by atoms with Gasteiger partial charge < -0.3 is 19.3 Å². The number of rotatable bonds is 7. The Balaban J connectivity index is 1.90. The van der Waals surface area contributed by atoms with Crippen LogP contribution in [0.4, 0.5) is 0 Å². The van der Waals surface area contributed by atoms with Crippen molar-refractivity contribution < 1.29 is 19.4 Å². The first kappa shape index (κ1) is 19.9. The number of carbonyl (C=O) groups is 2. The number of carboxylic acids is 1. The third-order valence-electron chi connectivity index (χ3n) is 5.10. The average Bonchev–Trinajstić information content (AvgIpc) is 3.06. The zero-order chi connectivity index (χ0) is 20.3. The summed E-state index contributed by atoms with van der Waals surface area (Å²) in [6.45, 7) is 5.81. The Morgan fingerprint density at radius 1 is 1.29 bits per heavy atom. The van der Waals surface area contributed by atoms with Crippen LogP contribution in [0.5, 0.6) is 5.75 Å². The lowest BCUT2D eigenvalue weighted by Gasteiger charge is -2.30. The van der Waals surface area contributed by atoms with Gasteiger partial charge >= 0.3 is 11.5 Å². The van der Waals surface area contributed by atoms with E-state index in [2.05, 4.69) is 11.9 Å². The number of carboxylic acid groups (broad SMARTS) is 1. The predicted molar refractivity (Wildman–Crippen MR) is 102 cm³/mol. The smallest absolute Gasteiger partial charge is 0.358 e. The van der Waals surface area contributed by atoms with E-state index in [0.717, 1.165) is 19.3 Å². The SMILES string of the molecule is CCCCOc1c(C(=O)O)nc2n(CC(=O)N3CCC(C)CC3)ccn2c1=O. The number of aromatic carboxylic acids is 1. The van der Waals surface area contributed by atoms with Gasteiger partial charge in [0.25, 0.3) is 0 Å². The summed E-state index contributed by atoms with van der Waals surface area (Å²) in [4.78, 5) is 42.8. The third kappa shape index (κ3) is 4.02. The van der Waals surface area contributed by atoms with Gasteiger partial charge in [-0.25, -0.2) is 14.2 Å². The molecule has 152 valence electrons. The van der Waals surface area contributed by atoms with Gasteiger partial charge in [-0.05, 0) is 25.2 Å². The summed E-state index contributed by atoms with van der Waals surface area (Å²) in [7, 11) is 0. The molecule has 9 heteroatoms. The van der Waals surface area contributed by atoms with Gasteiger partial charge in [-0.2, -0.15) is 0 Å². The number of ether oxygens (including phenoxy) is 1. The molecule has 1 saturated heterocycles. The minimum atomic E-state index is -1.34. The van der Waals surface area contributed by atoms with Gasteiger partial charge in [0.05, 0.1) is 6.61 Å². The number of carbonyl (C=O) groups excluding carboxylic acids is 1. The van der Waals surface area contributed by atoms with E-state index in [9.17, 15) is 19.5 Å². The van der Waals surface area contributed by atoms with E-state index < -0.39 is 17.2 Å². The van der Waals surface area contributed by atoms with E-state index in [4.69, 9.17) is 4.74 Å². The number of imidazole rings is 1. The summed E-state index contributed by atoms with van der Waals surface area (Å²) >= 11 is 0. The molecular formula is C19H26N4O5. The Kier molecular flexibility index (Phi) is 6.01. The van der Waals surface area contributed by atoms with Gasteiger partial charge in [0.2, 0.25) is 17.4 Å². The zero-order valence-electron chi connectivity index (χ0n) is 16.3. The molecule has 0 bridgehead atoms. The number of amides is 1. The van der Waals surface area contributed by atoms with E-state index in [0.29, 0.717) is 25.4 Å². The van der Waals surface area contributed by atoms with Crippen molar-refractivity contribution in [3.05, 3.63) is 28.4 Å². The van der Waals surface area contributed by atoms with Crippen LogP contribution in [0.25, 0.3) is 5.78 Å². The highest BCUT2D eigenvalue weighted by Crippen LogP contribution is 2.17. The van der Waals surface area contributed by atoms with Crippen LogP contribution in [0.2, 0.25) is 0 Å². The second-order valence-electron chi connectivity index (χ2n) is 7.26. The molecule has 1 aliphatic heterocycles. The lowest BCUT2D eigenvalue weighted by molar-refractivity contribution is -0.133. The summed E-state index contributed by atoms with van der Waals surface area (Å²) in [5, 5.41) is 9.47. The van der Waals surface area contributed by atoms with Crippen LogP contribution in [0.1, 0.15) is 50.0 Å². The molecule has 0 atom stereocenters. The summed E-state index contributed by atoms with van der Waals surface area (Å²) in [5.41, 5.74) is -1.02. The molecular weight excluding hydrogens is 364 g/mol. The van der Waals surface area contributed by atoms with Crippen molar-refractivity contribution in [2.75, 3.05) is 19.7 Å². The Labute approximate surface area is 162 Å². The molecule has 0 radical (unpaired) electrons. The number of fused-ring (bicyclic) bond motifs is 1. The zero-order valence-corrected chi connectivity index (χ0v) is 16.3. The largest absolute Gasteiger partial charge is 0.486 e. The van der Waals surface area contributed by atoms with Crippen LogP contribution < -0.4 is 10.3 Å². The van der Waals surface area contributed by atoms with Crippen molar-refractivity contribution in [3.63, 3.8) is 0 Å². The first-order valence-corrected chi connectivity index (χ1v) is 9.67. The van der Waals surface area contributed by atoms with Gasteiger partial charge in [-0.1, -0.05) is 20.3 Å². The molecule has 1 fully saturated rings. The van der Waals surface area contributed by atoms with Crippen molar-refractivity contribution in [1.29, 1.82) is 0 Å². The van der Waals surface area contributed by atoms with Crippen molar-refractivity contribution in [1.82, 2.24) is 18.9 Å². The standard InChI is InChI=1S/C19H26N4O5/c1-3-4-11-28-16-15(18(26)27)20-19-22(9-10-23(19)17(16)25)12-14(24)21-7-5-13(2)6-8-21/h9-10,13H,3-8,11-12H2,1-2H3,(H,26,27). The molecule has 0 aliphatic carbocycles. The highest BCUT2D eigenvalue weighted by atomic mass is 16.5. The first-order valence-electron chi connectivity index (χ1n) is 9.67. The minimum Gasteiger partial charge on any atom is -0.486 e. The quantitative estimate of drug-likeness (QED) is 0.720. The molecule has 1 aliphatic rings. The number of nitrogens with zero attached hydrogens (tertiary/aromatic N) is 4. The average molecular weight is 390 g/mol. The molecule has 2 aromatic rings. The molecule has 28 heavy (non-hydrogen) atoms. The summed E-state index contributed by atoms with van der Waals surface area (Å²) < 4.78 is 8.14. The van der Waals surface area contributed by atoms with Crippen LogP contribution >= 0.6 is 0 Å². The van der Waals surface area contributed by atoms with E-state index in [1.54, 1.807) is 11.1 Å². The highest BCUT2D eigenvalue weighted by Gasteiger charge is 2.24. The fourth-order valence-corrected chi connectivity index (χ4v) is 3.28. The first-order chi connectivity index (χ1) is 13.4. The molecule has 0 saturated carbocycles. The van der Waals surface area contributed by atoms with Crippen molar-refractivity contribution in [2.45, 2.75) is 46.1 Å². The maximum Gasteiger partial charge on any atom is 0.358 e. The Bertz CT molecular complexity index is 924. The van der Waals surface area contributed by atoms with Crippen LogP contribution in [0, 0.1) is 5.92 Å². The maximum atomic E-state index is 12.7. The lowest BCUT2D eigenvalue weighted by atomic mass is 9.99. The molecule has 9 nitrogen and oxygen atoms in total. The fourth-order valence-electron chi connectivity index (χ4n) is 3.28. The van der Waals surface area contributed by atoms with Crippen molar-refractivity contribution in [3.8, 4) is 5.75 Å². The fraction of sp³-hybridized carbons (Fsp3) is 0.579. The van der Waals surface area contributed by atoms with Crippen LogP contribution in [-0.4, -0.2) is 55.5 Å². The van der Waals surface area contributed by atoms with Crippen LogP contribution in [-0.2, 0) is 11.3 Å². The topological polar surface area (TPSA) is 106 Å². The summed E-state index contributed by atoms with van der Waals surface area (Å²) in [5.74, 6) is -0.952. The molecule has 3 rings (SSSR count). The number of unbranched alkanes of at least 4 members (excludes halogenated alkanes) is 1. The van der Waals surface area contributed by atoms with Gasteiger partial charge in [-0.3, -0.25) is 9.59 Å². The number of likely N-dealkylation sites (tertiary alicyclic amines) is 1. The number of piperidine rings is 1. The number of hydrogen-bond donors (Lipinski definition) is 1. The maximum absolute atomic E-state index is 12.7. The Morgan fingerprint density at radius 3 is 2.64 bits per heavy atom. The molecule has 3 heterocycles. The van der Waals surface area contributed by atoms with E-state index >= 15 is 0 Å². The van der Waals surface area contributed by atoms with Gasteiger partial charge in [0, 0.05) is 25.5 Å². The third-order valence-corrected chi connectivity index (χ3v) is 5.10. The normalized spacial score (nSPS) is 15.1. The van der Waals surface area contributed by atoms with Crippen LogP contribution in [0.3, 0.4) is 0 Å². The van der Waals surface area contributed by atoms with Gasteiger partial charge in [-0.15, -0.1) is 0 Å². The Hall–Kier alpha value is -2.84.